The summed E-state index contributed by atoms with van der Waals surface area (Å²) in [4.78, 5) is 0. The van der Waals surface area contributed by atoms with Gasteiger partial charge in [-0.05, 0) is 30.0 Å². The van der Waals surface area contributed by atoms with E-state index in [1.54, 1.807) is 4.68 Å². The Kier molecular flexibility index (Phi) is 3.79. The van der Waals surface area contributed by atoms with Gasteiger partial charge in [-0.15, -0.1) is 0 Å². The van der Waals surface area contributed by atoms with E-state index in [0.717, 1.165) is 17.9 Å². The predicted octanol–water partition coefficient (Wildman–Crippen LogP) is 3.48. The molecule has 0 radical (unpaired) electrons. The van der Waals surface area contributed by atoms with Crippen LogP contribution in [0.2, 0.25) is 0 Å². The van der Waals surface area contributed by atoms with E-state index >= 15 is 0 Å². The van der Waals surface area contributed by atoms with Crippen LogP contribution in [0.5, 0.6) is 11.6 Å². The Hall–Kier alpha value is -1.97. The third kappa shape index (κ3) is 2.72. The lowest BCUT2D eigenvalue weighted by Crippen LogP contribution is -1.97. The van der Waals surface area contributed by atoms with Gasteiger partial charge in [-0.3, -0.25) is 0 Å². The highest BCUT2D eigenvalue weighted by Crippen LogP contribution is 2.33. The molecule has 0 aliphatic heterocycles. The van der Waals surface area contributed by atoms with E-state index < -0.39 is 0 Å². The summed E-state index contributed by atoms with van der Waals surface area (Å²) >= 11 is 0. The maximum absolute atomic E-state index is 6.12. The Morgan fingerprint density at radius 3 is 2.68 bits per heavy atom. The molecule has 2 rings (SSSR count). The van der Waals surface area contributed by atoms with Crippen molar-refractivity contribution in [1.29, 1.82) is 0 Å². The molecule has 0 aliphatic rings. The van der Waals surface area contributed by atoms with Crippen LogP contribution in [0.3, 0.4) is 0 Å². The van der Waals surface area contributed by atoms with Gasteiger partial charge in [0.15, 0.2) is 0 Å². The molecule has 4 heteroatoms. The minimum Gasteiger partial charge on any atom is -0.437 e. The predicted molar refractivity (Wildman–Crippen MR) is 77.6 cm³/mol. The number of nitrogens with zero attached hydrogens (tertiary/aromatic N) is 2. The number of nitrogens with two attached hydrogens (primary N) is 1. The summed E-state index contributed by atoms with van der Waals surface area (Å²) in [7, 11) is 1.85. The second kappa shape index (κ2) is 5.34. The van der Waals surface area contributed by atoms with E-state index in [2.05, 4.69) is 31.9 Å². The van der Waals surface area contributed by atoms with Crippen molar-refractivity contribution >= 4 is 5.69 Å². The zero-order valence-electron chi connectivity index (χ0n) is 12.0. The Morgan fingerprint density at radius 1 is 1.37 bits per heavy atom. The summed E-state index contributed by atoms with van der Waals surface area (Å²) in [6.45, 7) is 6.26. The first-order valence-corrected chi connectivity index (χ1v) is 6.62. The minimum atomic E-state index is 0.283. The van der Waals surface area contributed by atoms with Gasteiger partial charge >= 0.3 is 0 Å². The largest absolute Gasteiger partial charge is 0.437 e. The van der Waals surface area contributed by atoms with Crippen LogP contribution in [0.1, 0.15) is 37.9 Å². The lowest BCUT2D eigenvalue weighted by molar-refractivity contribution is 0.432. The lowest BCUT2D eigenvalue weighted by atomic mass is 10.1. The summed E-state index contributed by atoms with van der Waals surface area (Å²) in [6, 6.07) is 8.03. The number of benzene rings is 1. The fourth-order valence-corrected chi connectivity index (χ4v) is 2.03. The zero-order valence-corrected chi connectivity index (χ0v) is 12.0. The molecule has 0 bridgehead atoms. The first-order valence-electron chi connectivity index (χ1n) is 6.62. The van der Waals surface area contributed by atoms with Crippen LogP contribution in [0.4, 0.5) is 5.69 Å². The number of hydrogen-bond acceptors (Lipinski definition) is 3. The van der Waals surface area contributed by atoms with Crippen LogP contribution in [-0.4, -0.2) is 9.78 Å². The number of hydrogen-bond donors (Lipinski definition) is 1. The Labute approximate surface area is 114 Å². The van der Waals surface area contributed by atoms with Crippen LogP contribution < -0.4 is 10.5 Å². The smallest absolute Gasteiger partial charge is 0.241 e. The van der Waals surface area contributed by atoms with Crippen LogP contribution in [0.25, 0.3) is 0 Å². The number of rotatable bonds is 4. The van der Waals surface area contributed by atoms with Crippen LogP contribution in [0.15, 0.2) is 24.3 Å². The van der Waals surface area contributed by atoms with E-state index in [-0.39, 0.29) is 5.92 Å². The monoisotopic (exact) mass is 259 g/mol. The minimum absolute atomic E-state index is 0.283. The fourth-order valence-electron chi connectivity index (χ4n) is 2.03. The molecule has 0 saturated heterocycles. The highest BCUT2D eigenvalue weighted by Gasteiger charge is 2.17. The second-order valence-electron chi connectivity index (χ2n) is 4.99. The van der Waals surface area contributed by atoms with Gasteiger partial charge in [-0.25, -0.2) is 4.68 Å². The van der Waals surface area contributed by atoms with Crippen molar-refractivity contribution in [3.8, 4) is 11.6 Å². The number of nitrogen functional groups attached to an aromatic ring is 1. The average molecular weight is 259 g/mol. The van der Waals surface area contributed by atoms with Gasteiger partial charge in [0.1, 0.15) is 11.4 Å². The van der Waals surface area contributed by atoms with Gasteiger partial charge in [0, 0.05) is 7.05 Å². The standard InChI is InChI=1S/C15H21N3O/c1-5-11-7-6-8-12(9-11)19-15-13(16)14(10(2)3)17-18(15)4/h6-10H,5,16H2,1-4H3. The molecule has 0 spiro atoms. The summed E-state index contributed by atoms with van der Waals surface area (Å²) in [5, 5.41) is 4.42. The SMILES string of the molecule is CCc1cccc(Oc2c(N)c(C(C)C)nn2C)c1. The van der Waals surface area contributed by atoms with Gasteiger partial charge in [0.05, 0.1) is 5.69 Å². The van der Waals surface area contributed by atoms with Crippen LogP contribution >= 0.6 is 0 Å². The van der Waals surface area contributed by atoms with Crippen molar-refractivity contribution in [2.24, 2.45) is 7.05 Å². The first kappa shape index (κ1) is 13.5. The quantitative estimate of drug-likeness (QED) is 0.914. The van der Waals surface area contributed by atoms with Crippen LogP contribution in [-0.2, 0) is 13.5 Å². The van der Waals surface area contributed by atoms with Gasteiger partial charge in [-0.1, -0.05) is 32.9 Å². The van der Waals surface area contributed by atoms with Crippen molar-refractivity contribution < 1.29 is 4.74 Å². The Bertz CT molecular complexity index is 573. The number of aryl methyl sites for hydroxylation is 2. The molecule has 0 aliphatic carbocycles. The molecule has 2 aromatic rings. The molecule has 0 unspecified atom stereocenters. The second-order valence-corrected chi connectivity index (χ2v) is 4.99. The van der Waals surface area contributed by atoms with Crippen LogP contribution in [0, 0.1) is 0 Å². The molecule has 0 atom stereocenters. The lowest BCUT2D eigenvalue weighted by Gasteiger charge is -2.08. The fraction of sp³-hybridized carbons (Fsp3) is 0.400. The van der Waals surface area contributed by atoms with E-state index in [1.807, 2.05) is 25.2 Å². The van der Waals surface area contributed by atoms with E-state index in [1.165, 1.54) is 5.56 Å². The van der Waals surface area contributed by atoms with Gasteiger partial charge in [0.25, 0.3) is 0 Å². The number of aromatic nitrogens is 2. The van der Waals surface area contributed by atoms with Crippen molar-refractivity contribution in [3.05, 3.63) is 35.5 Å². The number of ether oxygens (including phenoxy) is 1. The normalized spacial score (nSPS) is 11.0. The van der Waals surface area contributed by atoms with Crippen molar-refractivity contribution in [2.45, 2.75) is 33.1 Å². The molecule has 0 fully saturated rings. The third-order valence-corrected chi connectivity index (χ3v) is 3.13. The highest BCUT2D eigenvalue weighted by molar-refractivity contribution is 5.55. The molecular formula is C15H21N3O. The third-order valence-electron chi connectivity index (χ3n) is 3.13. The maximum Gasteiger partial charge on any atom is 0.241 e. The van der Waals surface area contributed by atoms with Gasteiger partial charge in [-0.2, -0.15) is 5.10 Å². The molecule has 1 aromatic heterocycles. The molecule has 4 nitrogen and oxygen atoms in total. The zero-order chi connectivity index (χ0) is 14.0. The Balaban J connectivity index is 2.32. The topological polar surface area (TPSA) is 53.1 Å². The van der Waals surface area contributed by atoms with Crippen molar-refractivity contribution in [1.82, 2.24) is 9.78 Å². The average Bonchev–Trinajstić information content (AvgIpc) is 2.67. The molecule has 2 N–H and O–H groups in total. The van der Waals surface area contributed by atoms with Gasteiger partial charge in [0.2, 0.25) is 5.88 Å². The summed E-state index contributed by atoms with van der Waals surface area (Å²) in [5.74, 6) is 1.69. The highest BCUT2D eigenvalue weighted by atomic mass is 16.5. The van der Waals surface area contributed by atoms with Crippen molar-refractivity contribution in [2.75, 3.05) is 5.73 Å². The summed E-state index contributed by atoms with van der Waals surface area (Å²) < 4.78 is 7.59. The molecule has 102 valence electrons. The number of anilines is 1. The molecule has 19 heavy (non-hydrogen) atoms. The summed E-state index contributed by atoms with van der Waals surface area (Å²) in [5.41, 5.74) is 8.86. The van der Waals surface area contributed by atoms with E-state index in [4.69, 9.17) is 10.5 Å². The molecule has 1 aromatic carbocycles. The molecule has 1 heterocycles. The summed E-state index contributed by atoms with van der Waals surface area (Å²) in [6.07, 6.45) is 0.981. The van der Waals surface area contributed by atoms with Gasteiger partial charge < -0.3 is 10.5 Å². The molecule has 0 amide bonds. The van der Waals surface area contributed by atoms with E-state index in [9.17, 15) is 0 Å². The Morgan fingerprint density at radius 2 is 2.11 bits per heavy atom. The first-order chi connectivity index (χ1) is 9.02. The van der Waals surface area contributed by atoms with E-state index in [0.29, 0.717) is 11.6 Å². The molecular weight excluding hydrogens is 238 g/mol. The van der Waals surface area contributed by atoms with Crippen molar-refractivity contribution in [3.63, 3.8) is 0 Å². The molecule has 0 saturated carbocycles. The maximum atomic E-state index is 6.12.